The van der Waals surface area contributed by atoms with Crippen molar-refractivity contribution in [2.45, 2.75) is 63.7 Å². The lowest BCUT2D eigenvalue weighted by Gasteiger charge is -2.38. The van der Waals surface area contributed by atoms with E-state index in [9.17, 15) is 14.0 Å². The van der Waals surface area contributed by atoms with Crippen LogP contribution in [0.5, 0.6) is 11.5 Å². The Bertz CT molecular complexity index is 1460. The molecule has 0 saturated heterocycles. The smallest absolute Gasteiger partial charge is 0.407 e. The second kappa shape index (κ2) is 13.6. The van der Waals surface area contributed by atoms with Gasteiger partial charge in [0.1, 0.15) is 23.3 Å². The van der Waals surface area contributed by atoms with Crippen molar-refractivity contribution in [3.05, 3.63) is 47.5 Å². The van der Waals surface area contributed by atoms with Crippen LogP contribution in [-0.4, -0.2) is 66.6 Å². The van der Waals surface area contributed by atoms with Gasteiger partial charge in [0, 0.05) is 24.5 Å². The van der Waals surface area contributed by atoms with Gasteiger partial charge in [-0.3, -0.25) is 4.79 Å². The summed E-state index contributed by atoms with van der Waals surface area (Å²) < 4.78 is 36.9. The van der Waals surface area contributed by atoms with E-state index in [2.05, 4.69) is 25.9 Å². The van der Waals surface area contributed by atoms with E-state index < -0.39 is 23.1 Å². The van der Waals surface area contributed by atoms with Gasteiger partial charge >= 0.3 is 12.1 Å². The highest BCUT2D eigenvalue weighted by molar-refractivity contribution is 6.31. The summed E-state index contributed by atoms with van der Waals surface area (Å²) >= 11 is 5.95. The molecule has 2 aromatic carbocycles. The van der Waals surface area contributed by atoms with Gasteiger partial charge in [0.05, 0.1) is 36.6 Å². The van der Waals surface area contributed by atoms with Crippen LogP contribution in [0.3, 0.4) is 0 Å². The topological polar surface area (TPSA) is 133 Å². The van der Waals surface area contributed by atoms with Crippen LogP contribution in [0, 0.1) is 5.82 Å². The van der Waals surface area contributed by atoms with Gasteiger partial charge in [0.2, 0.25) is 0 Å². The highest BCUT2D eigenvalue weighted by Crippen LogP contribution is 2.38. The predicted octanol–water partition coefficient (Wildman–Crippen LogP) is 5.52. The summed E-state index contributed by atoms with van der Waals surface area (Å²) in [6.45, 7) is 5.99. The first-order chi connectivity index (χ1) is 20.4. The van der Waals surface area contributed by atoms with Crippen molar-refractivity contribution in [2.75, 3.05) is 32.6 Å². The van der Waals surface area contributed by atoms with Crippen molar-refractivity contribution in [1.82, 2.24) is 20.6 Å². The van der Waals surface area contributed by atoms with Crippen molar-refractivity contribution in [3.8, 4) is 11.5 Å². The molecule has 0 radical (unpaired) electrons. The lowest BCUT2D eigenvalue weighted by Crippen LogP contribution is -2.57. The van der Waals surface area contributed by atoms with Crippen molar-refractivity contribution in [1.29, 1.82) is 0 Å². The number of halogens is 2. The molecule has 11 nitrogen and oxygen atoms in total. The molecular weight excluding hydrogens is 581 g/mol. The van der Waals surface area contributed by atoms with Crippen LogP contribution >= 0.6 is 11.6 Å². The third kappa shape index (κ3) is 7.94. The van der Waals surface area contributed by atoms with E-state index in [0.29, 0.717) is 60.4 Å². The van der Waals surface area contributed by atoms with Crippen LogP contribution in [0.15, 0.2) is 36.7 Å². The zero-order chi connectivity index (χ0) is 31.2. The maximum absolute atomic E-state index is 14.6. The quantitative estimate of drug-likeness (QED) is 0.197. The molecule has 1 fully saturated rings. The number of benzene rings is 2. The van der Waals surface area contributed by atoms with Crippen LogP contribution in [0.25, 0.3) is 10.9 Å². The lowest BCUT2D eigenvalue weighted by molar-refractivity contribution is -0.151. The Hall–Kier alpha value is -3.90. The van der Waals surface area contributed by atoms with Crippen molar-refractivity contribution >= 4 is 46.1 Å². The molecule has 1 saturated carbocycles. The monoisotopic (exact) mass is 617 g/mol. The zero-order valence-corrected chi connectivity index (χ0v) is 25.6. The van der Waals surface area contributed by atoms with Gasteiger partial charge < -0.3 is 34.9 Å². The molecule has 43 heavy (non-hydrogen) atoms. The summed E-state index contributed by atoms with van der Waals surface area (Å²) in [6.07, 6.45) is 2.63. The third-order valence-corrected chi connectivity index (χ3v) is 7.33. The molecule has 1 aromatic heterocycles. The van der Waals surface area contributed by atoms with E-state index >= 15 is 0 Å². The lowest BCUT2D eigenvalue weighted by atomic mass is 9.80. The molecule has 3 aromatic rings. The summed E-state index contributed by atoms with van der Waals surface area (Å²) in [6, 6.07) is 8.15. The van der Waals surface area contributed by atoms with Gasteiger partial charge in [-0.2, -0.15) is 0 Å². The Morgan fingerprint density at radius 1 is 1.09 bits per heavy atom. The number of rotatable bonds is 10. The van der Waals surface area contributed by atoms with Gasteiger partial charge in [-0.1, -0.05) is 17.7 Å². The van der Waals surface area contributed by atoms with E-state index in [-0.39, 0.29) is 29.3 Å². The fourth-order valence-electron chi connectivity index (χ4n) is 4.95. The van der Waals surface area contributed by atoms with Gasteiger partial charge in [-0.25, -0.2) is 19.2 Å². The summed E-state index contributed by atoms with van der Waals surface area (Å²) in [5.74, 6) is 0.349. The summed E-state index contributed by atoms with van der Waals surface area (Å²) in [4.78, 5) is 33.4. The molecule has 3 N–H and O–H groups in total. The van der Waals surface area contributed by atoms with E-state index in [1.165, 1.54) is 26.6 Å². The molecule has 0 spiro atoms. The number of ether oxygens (including phenoxy) is 4. The van der Waals surface area contributed by atoms with Crippen LogP contribution in [0.4, 0.5) is 20.7 Å². The highest BCUT2D eigenvalue weighted by atomic mass is 35.5. The number of hydrogen-bond acceptors (Lipinski definition) is 10. The third-order valence-electron chi connectivity index (χ3n) is 7.04. The second-order valence-electron chi connectivity index (χ2n) is 11.2. The van der Waals surface area contributed by atoms with Crippen LogP contribution in [-0.2, 0) is 14.3 Å². The first-order valence-electron chi connectivity index (χ1n) is 14.0. The Labute approximate surface area is 254 Å². The van der Waals surface area contributed by atoms with Crippen molar-refractivity contribution < 1.29 is 32.9 Å². The minimum absolute atomic E-state index is 0.0109. The van der Waals surface area contributed by atoms with E-state index in [4.69, 9.17) is 30.5 Å². The predicted molar refractivity (Wildman–Crippen MR) is 161 cm³/mol. The fraction of sp³-hybridized carbons (Fsp3) is 0.467. The SMILES string of the molecule is COC(=O)C1(NCCNC(=O)OC(C)(C)C)CCC(Oc2cc3c(Nc4cccc(Cl)c4F)ncnc3cc2OC)CC1. The number of nitrogens with one attached hydrogen (secondary N) is 3. The minimum atomic E-state index is -0.913. The molecule has 1 aliphatic carbocycles. The second-order valence-corrected chi connectivity index (χ2v) is 11.6. The van der Waals surface area contributed by atoms with Crippen molar-refractivity contribution in [3.63, 3.8) is 0 Å². The maximum Gasteiger partial charge on any atom is 0.407 e. The highest BCUT2D eigenvalue weighted by Gasteiger charge is 2.43. The van der Waals surface area contributed by atoms with E-state index in [0.717, 1.165) is 0 Å². The van der Waals surface area contributed by atoms with Gasteiger partial charge in [-0.15, -0.1) is 0 Å². The molecule has 232 valence electrons. The molecule has 0 atom stereocenters. The molecule has 1 heterocycles. The molecular formula is C30H37ClFN5O6. The molecule has 4 rings (SSSR count). The first-order valence-corrected chi connectivity index (χ1v) is 14.3. The summed E-state index contributed by atoms with van der Waals surface area (Å²) in [5.41, 5.74) is -0.771. The average Bonchev–Trinajstić information content (AvgIpc) is 2.97. The number of esters is 1. The maximum atomic E-state index is 14.6. The largest absolute Gasteiger partial charge is 0.493 e. The standard InChI is InChI=1S/C30H37ClFN5O6/c1-29(2,3)43-28(39)33-13-14-36-30(27(38)41-5)11-9-18(10-12-30)42-24-15-19-22(16-23(24)40-4)34-17-35-26(19)37-21-8-6-7-20(31)25(21)32/h6-8,15-18,36H,9-14H2,1-5H3,(H,33,39)(H,34,35,37). The summed E-state index contributed by atoms with van der Waals surface area (Å²) in [7, 11) is 2.89. The van der Waals surface area contributed by atoms with Gasteiger partial charge in [-0.05, 0) is 64.7 Å². The number of alkyl carbamates (subject to hydrolysis) is 1. The van der Waals surface area contributed by atoms with Crippen molar-refractivity contribution in [2.24, 2.45) is 0 Å². The number of anilines is 2. The number of carbonyl (C=O) groups is 2. The molecule has 0 aliphatic heterocycles. The normalized spacial score (nSPS) is 18.5. The number of amides is 1. The zero-order valence-electron chi connectivity index (χ0n) is 24.9. The number of fused-ring (bicyclic) bond motifs is 1. The Balaban J connectivity index is 1.45. The van der Waals surface area contributed by atoms with Crippen LogP contribution in [0.2, 0.25) is 5.02 Å². The first kappa shape index (κ1) is 32.0. The summed E-state index contributed by atoms with van der Waals surface area (Å²) in [5, 5.41) is 9.55. The molecule has 0 unspecified atom stereocenters. The number of hydrogen-bond donors (Lipinski definition) is 3. The number of nitrogens with zero attached hydrogens (tertiary/aromatic N) is 2. The van der Waals surface area contributed by atoms with Crippen LogP contribution < -0.4 is 25.4 Å². The molecule has 13 heteroatoms. The van der Waals surface area contributed by atoms with Gasteiger partial charge in [0.15, 0.2) is 17.3 Å². The number of aromatic nitrogens is 2. The Kier molecular flexibility index (Phi) is 10.1. The van der Waals surface area contributed by atoms with E-state index in [1.807, 2.05) is 0 Å². The fourth-order valence-corrected chi connectivity index (χ4v) is 5.13. The Morgan fingerprint density at radius 2 is 1.84 bits per heavy atom. The number of carbonyl (C=O) groups excluding carboxylic acids is 2. The molecule has 1 aliphatic rings. The minimum Gasteiger partial charge on any atom is -0.493 e. The van der Waals surface area contributed by atoms with Crippen LogP contribution in [0.1, 0.15) is 46.5 Å². The number of methoxy groups -OCH3 is 2. The average molecular weight is 618 g/mol. The molecule has 1 amide bonds. The Morgan fingerprint density at radius 3 is 2.51 bits per heavy atom. The van der Waals surface area contributed by atoms with E-state index in [1.54, 1.807) is 45.0 Å². The molecule has 0 bridgehead atoms. The van der Waals surface area contributed by atoms with Gasteiger partial charge in [0.25, 0.3) is 0 Å².